The topological polar surface area (TPSA) is 144 Å². The molecule has 2 fully saturated rings. The van der Waals surface area contributed by atoms with Crippen molar-refractivity contribution in [2.45, 2.75) is 10.5 Å². The molecule has 2 bridgehead atoms. The van der Waals surface area contributed by atoms with Gasteiger partial charge >= 0.3 is 5.97 Å². The molecule has 3 heterocycles. The standard InChI is InChI=1S/C45H37N3O7S/c1-56(53,54)32-21-18-29(19-22-32)20-23-37(49)55-27-26-48-43(50)40-33-28-34(45(52,31-14-6-3-7-15-31)36-17-9-11-25-47-36)41(42(40)44(48)51)39(33)38(30-12-4-2-5-13-30)35-16-8-10-24-46-35/h2-25,28,33,40-42,52H,26-27H2,1H3/b23-20+,39-38?/t33-,40-,41+,42-,45?/m0/s1. The van der Waals surface area contributed by atoms with Gasteiger partial charge in [-0.3, -0.25) is 24.5 Å². The van der Waals surface area contributed by atoms with Gasteiger partial charge in [0.2, 0.25) is 11.8 Å². The van der Waals surface area contributed by atoms with Crippen LogP contribution in [0.3, 0.4) is 0 Å². The number of aromatic nitrogens is 2. The molecule has 11 heteroatoms. The fraction of sp³-hybridized carbons (Fsp3) is 0.178. The van der Waals surface area contributed by atoms with E-state index < -0.39 is 51.0 Å². The predicted octanol–water partition coefficient (Wildman–Crippen LogP) is 5.66. The average molecular weight is 764 g/mol. The number of nitrogens with zero attached hydrogens (tertiary/aromatic N) is 3. The molecule has 0 spiro atoms. The number of hydrogen-bond acceptors (Lipinski definition) is 9. The molecule has 1 aliphatic heterocycles. The number of hydrogen-bond donors (Lipinski definition) is 1. The Morgan fingerprint density at radius 1 is 0.821 bits per heavy atom. The SMILES string of the molecule is CS(=O)(=O)c1ccc(/C=C/C(=O)OCCN2C(=O)[C@@H]3[C@@H]4C(C(O)(c5ccccc5)c5ccccn5)=C[C@@H](C4=C(c4ccccc4)c4ccccn4)[C@@H]3C2=O)cc1. The molecule has 1 unspecified atom stereocenters. The number of carbonyl (C=O) groups is 3. The molecule has 3 aliphatic rings. The largest absolute Gasteiger partial charge is 0.461 e. The maximum atomic E-state index is 14.6. The number of ether oxygens (including phenoxy) is 1. The first-order valence-electron chi connectivity index (χ1n) is 18.2. The molecule has 8 rings (SSSR count). The lowest BCUT2D eigenvalue weighted by Gasteiger charge is -2.36. The Kier molecular flexibility index (Phi) is 9.65. The fourth-order valence-corrected chi connectivity index (χ4v) is 9.04. The molecule has 280 valence electrons. The van der Waals surface area contributed by atoms with Gasteiger partial charge in [0.1, 0.15) is 6.61 Å². The zero-order valence-electron chi connectivity index (χ0n) is 30.3. The Morgan fingerprint density at radius 2 is 1.46 bits per heavy atom. The van der Waals surface area contributed by atoms with E-state index >= 15 is 0 Å². The molecular weight excluding hydrogens is 727 g/mol. The highest BCUT2D eigenvalue weighted by atomic mass is 32.2. The molecule has 56 heavy (non-hydrogen) atoms. The van der Waals surface area contributed by atoms with Crippen molar-refractivity contribution >= 4 is 39.3 Å². The zero-order chi connectivity index (χ0) is 39.0. The van der Waals surface area contributed by atoms with Crippen LogP contribution in [0.25, 0.3) is 11.6 Å². The van der Waals surface area contributed by atoms with Crippen molar-refractivity contribution < 1.29 is 32.6 Å². The summed E-state index contributed by atoms with van der Waals surface area (Å²) in [6, 6.07) is 36.0. The molecule has 1 saturated carbocycles. The molecule has 10 nitrogen and oxygen atoms in total. The number of allylic oxidation sites excluding steroid dienone is 2. The van der Waals surface area contributed by atoms with E-state index in [9.17, 15) is 27.9 Å². The molecule has 1 saturated heterocycles. The van der Waals surface area contributed by atoms with Crippen molar-refractivity contribution in [3.05, 3.63) is 185 Å². The first-order chi connectivity index (χ1) is 27.1. The lowest BCUT2D eigenvalue weighted by Crippen LogP contribution is -2.39. The first kappa shape index (κ1) is 36.7. The van der Waals surface area contributed by atoms with Gasteiger partial charge in [-0.05, 0) is 70.3 Å². The van der Waals surface area contributed by atoms with Crippen molar-refractivity contribution in [2.24, 2.45) is 23.7 Å². The Balaban J connectivity index is 1.14. The quantitative estimate of drug-likeness (QED) is 0.0780. The minimum Gasteiger partial charge on any atom is -0.461 e. The summed E-state index contributed by atoms with van der Waals surface area (Å²) in [4.78, 5) is 52.3. The van der Waals surface area contributed by atoms with E-state index in [1.807, 2.05) is 91.0 Å². The number of sulfone groups is 1. The molecule has 1 N–H and O–H groups in total. The van der Waals surface area contributed by atoms with E-state index in [0.29, 0.717) is 28.1 Å². The van der Waals surface area contributed by atoms with Crippen LogP contribution in [-0.2, 0) is 34.6 Å². The van der Waals surface area contributed by atoms with Crippen molar-refractivity contribution in [1.29, 1.82) is 0 Å². The average Bonchev–Trinajstić information content (AvgIpc) is 3.84. The lowest BCUT2D eigenvalue weighted by molar-refractivity contribution is -0.145. The highest BCUT2D eigenvalue weighted by molar-refractivity contribution is 7.90. The summed E-state index contributed by atoms with van der Waals surface area (Å²) in [7, 11) is -3.36. The smallest absolute Gasteiger partial charge is 0.330 e. The Hall–Kier alpha value is -6.30. The number of amides is 2. The first-order valence-corrected chi connectivity index (χ1v) is 20.1. The second-order valence-electron chi connectivity index (χ2n) is 14.0. The van der Waals surface area contributed by atoms with Gasteiger partial charge in [0.05, 0.1) is 34.7 Å². The van der Waals surface area contributed by atoms with Gasteiger partial charge in [-0.15, -0.1) is 0 Å². The second-order valence-corrected chi connectivity index (χ2v) is 16.1. The van der Waals surface area contributed by atoms with Crippen LogP contribution in [0.2, 0.25) is 0 Å². The molecule has 5 aromatic rings. The molecular formula is C45H37N3O7S. The van der Waals surface area contributed by atoms with Crippen LogP contribution in [0.1, 0.15) is 28.1 Å². The van der Waals surface area contributed by atoms with Gasteiger partial charge in [0.15, 0.2) is 15.4 Å². The molecule has 3 aromatic carbocycles. The van der Waals surface area contributed by atoms with E-state index in [1.54, 1.807) is 36.7 Å². The van der Waals surface area contributed by atoms with Gasteiger partial charge in [0, 0.05) is 42.1 Å². The van der Waals surface area contributed by atoms with Crippen LogP contribution in [0, 0.1) is 23.7 Å². The Morgan fingerprint density at radius 3 is 2.11 bits per heavy atom. The summed E-state index contributed by atoms with van der Waals surface area (Å²) in [6.07, 6.45) is 9.10. The number of likely N-dealkylation sites (tertiary alicyclic amines) is 1. The zero-order valence-corrected chi connectivity index (χ0v) is 31.1. The predicted molar refractivity (Wildman–Crippen MR) is 209 cm³/mol. The summed E-state index contributed by atoms with van der Waals surface area (Å²) in [5.41, 5.74) is 3.58. The van der Waals surface area contributed by atoms with E-state index in [-0.39, 0.29) is 24.0 Å². The number of aliphatic hydroxyl groups is 1. The third kappa shape index (κ3) is 6.48. The number of imide groups is 1. The van der Waals surface area contributed by atoms with Gasteiger partial charge in [-0.25, -0.2) is 13.2 Å². The molecule has 2 aromatic heterocycles. The van der Waals surface area contributed by atoms with Crippen LogP contribution >= 0.6 is 0 Å². The van der Waals surface area contributed by atoms with Gasteiger partial charge in [-0.2, -0.15) is 0 Å². The third-order valence-corrected chi connectivity index (χ3v) is 11.9. The molecule has 2 aliphatic carbocycles. The number of fused-ring (bicyclic) bond motifs is 5. The number of rotatable bonds is 11. The normalized spacial score (nSPS) is 22.2. The highest BCUT2D eigenvalue weighted by Gasteiger charge is 2.66. The number of pyridine rings is 2. The van der Waals surface area contributed by atoms with Crippen LogP contribution in [0.15, 0.2) is 162 Å². The summed E-state index contributed by atoms with van der Waals surface area (Å²) < 4.78 is 28.9. The van der Waals surface area contributed by atoms with Crippen LogP contribution in [0.5, 0.6) is 0 Å². The van der Waals surface area contributed by atoms with Crippen molar-refractivity contribution in [3.8, 4) is 0 Å². The number of carbonyl (C=O) groups excluding carboxylic acids is 3. The van der Waals surface area contributed by atoms with Crippen LogP contribution in [0.4, 0.5) is 0 Å². The monoisotopic (exact) mass is 763 g/mol. The second kappa shape index (κ2) is 14.7. The van der Waals surface area contributed by atoms with E-state index in [2.05, 4.69) is 4.98 Å². The minimum absolute atomic E-state index is 0.143. The Bertz CT molecular complexity index is 2420. The van der Waals surface area contributed by atoms with E-state index in [1.165, 1.54) is 29.2 Å². The Labute approximate surface area is 324 Å². The summed E-state index contributed by atoms with van der Waals surface area (Å²) in [5, 5.41) is 13.1. The van der Waals surface area contributed by atoms with E-state index in [0.717, 1.165) is 23.0 Å². The fourth-order valence-electron chi connectivity index (χ4n) is 8.41. The van der Waals surface area contributed by atoms with Gasteiger partial charge in [0.25, 0.3) is 0 Å². The van der Waals surface area contributed by atoms with Crippen molar-refractivity contribution in [2.75, 3.05) is 19.4 Å². The van der Waals surface area contributed by atoms with Crippen molar-refractivity contribution in [1.82, 2.24) is 14.9 Å². The summed E-state index contributed by atoms with van der Waals surface area (Å²) in [6.45, 7) is -0.368. The number of benzene rings is 3. The van der Waals surface area contributed by atoms with Gasteiger partial charge < -0.3 is 9.84 Å². The maximum absolute atomic E-state index is 14.6. The highest BCUT2D eigenvalue weighted by Crippen LogP contribution is 2.64. The molecule has 5 atom stereocenters. The van der Waals surface area contributed by atoms with Gasteiger partial charge in [-0.1, -0.05) is 91.0 Å². The maximum Gasteiger partial charge on any atom is 0.330 e. The minimum atomic E-state index is -3.36. The number of esters is 1. The lowest BCUT2D eigenvalue weighted by atomic mass is 9.71. The molecule has 0 radical (unpaired) electrons. The third-order valence-electron chi connectivity index (χ3n) is 10.8. The van der Waals surface area contributed by atoms with E-state index in [4.69, 9.17) is 9.72 Å². The van der Waals surface area contributed by atoms with Crippen LogP contribution in [-0.4, -0.2) is 65.6 Å². The summed E-state index contributed by atoms with van der Waals surface area (Å²) >= 11 is 0. The molecule has 2 amide bonds. The summed E-state index contributed by atoms with van der Waals surface area (Å²) in [5.74, 6) is -4.30. The van der Waals surface area contributed by atoms with Crippen molar-refractivity contribution in [3.63, 3.8) is 0 Å². The van der Waals surface area contributed by atoms with Crippen LogP contribution < -0.4 is 0 Å².